The lowest BCUT2D eigenvalue weighted by atomic mass is 10.1. The molecule has 2 nitrogen and oxygen atoms in total. The van der Waals surface area contributed by atoms with Crippen molar-refractivity contribution < 1.29 is 0 Å². The quantitative estimate of drug-likeness (QED) is 0.451. The van der Waals surface area contributed by atoms with Gasteiger partial charge in [0.2, 0.25) is 0 Å². The van der Waals surface area contributed by atoms with Crippen molar-refractivity contribution in [2.75, 3.05) is 0 Å². The van der Waals surface area contributed by atoms with Gasteiger partial charge in [0.25, 0.3) is 0 Å². The topological polar surface area (TPSA) is 25.8 Å². The molecule has 0 saturated carbocycles. The molecular formula is C15H10N2. The Kier molecular flexibility index (Phi) is 1.52. The Balaban J connectivity index is 2.30. The molecule has 1 aliphatic carbocycles. The van der Waals surface area contributed by atoms with Gasteiger partial charge in [0.05, 0.1) is 11.2 Å². The third-order valence-electron chi connectivity index (χ3n) is 3.31. The molecule has 0 amide bonds. The van der Waals surface area contributed by atoms with E-state index in [1.165, 1.54) is 22.1 Å². The van der Waals surface area contributed by atoms with Gasteiger partial charge in [-0.15, -0.1) is 0 Å². The lowest BCUT2D eigenvalue weighted by molar-refractivity contribution is 1.10. The van der Waals surface area contributed by atoms with Crippen molar-refractivity contribution in [3.05, 3.63) is 48.3 Å². The molecule has 0 aliphatic heterocycles. The molecular weight excluding hydrogens is 208 g/mol. The first-order chi connectivity index (χ1) is 8.34. The molecule has 1 heterocycles. The summed E-state index contributed by atoms with van der Waals surface area (Å²) in [4.78, 5) is 9.11. The van der Waals surface area contributed by atoms with Gasteiger partial charge in [-0.2, -0.15) is 0 Å². The van der Waals surface area contributed by atoms with Crippen molar-refractivity contribution in [1.82, 2.24) is 9.97 Å². The minimum atomic E-state index is 0.835. The van der Waals surface area contributed by atoms with Crippen molar-refractivity contribution in [2.45, 2.75) is 6.92 Å². The molecule has 0 radical (unpaired) electrons. The molecule has 80 valence electrons. The van der Waals surface area contributed by atoms with E-state index in [1.54, 1.807) is 0 Å². The van der Waals surface area contributed by atoms with E-state index in [0.717, 1.165) is 17.0 Å². The largest absolute Gasteiger partial charge is 0.233 e. The van der Waals surface area contributed by atoms with E-state index in [-0.39, 0.29) is 0 Å². The van der Waals surface area contributed by atoms with Crippen LogP contribution in [0.4, 0.5) is 0 Å². The Bertz CT molecular complexity index is 760. The highest BCUT2D eigenvalue weighted by Gasteiger charge is 2.22. The Morgan fingerprint density at radius 2 is 1.53 bits per heavy atom. The van der Waals surface area contributed by atoms with Crippen LogP contribution in [0.15, 0.2) is 42.5 Å². The maximum Gasteiger partial charge on any atom is 0.126 e. The zero-order chi connectivity index (χ0) is 11.4. The predicted octanol–water partition coefficient (Wildman–Crippen LogP) is 3.59. The monoisotopic (exact) mass is 218 g/mol. The summed E-state index contributed by atoms with van der Waals surface area (Å²) in [6, 6.07) is 14.7. The highest BCUT2D eigenvalue weighted by molar-refractivity contribution is 6.12. The second-order valence-corrected chi connectivity index (χ2v) is 4.36. The van der Waals surface area contributed by atoms with Gasteiger partial charge in [-0.05, 0) is 24.1 Å². The van der Waals surface area contributed by atoms with Crippen LogP contribution < -0.4 is 0 Å². The highest BCUT2D eigenvalue weighted by atomic mass is 14.9. The van der Waals surface area contributed by atoms with E-state index in [0.29, 0.717) is 0 Å². The Labute approximate surface area is 99.0 Å². The number of benzene rings is 2. The third-order valence-corrected chi connectivity index (χ3v) is 3.31. The molecule has 0 N–H and O–H groups in total. The molecule has 1 aliphatic rings. The summed E-state index contributed by atoms with van der Waals surface area (Å²) in [6.07, 6.45) is 0. The van der Waals surface area contributed by atoms with Gasteiger partial charge >= 0.3 is 0 Å². The van der Waals surface area contributed by atoms with Crippen LogP contribution in [0.1, 0.15) is 5.82 Å². The molecule has 0 unspecified atom stereocenters. The predicted molar refractivity (Wildman–Crippen MR) is 68.7 cm³/mol. The number of aryl methyl sites for hydroxylation is 1. The molecule has 3 aromatic rings. The fraction of sp³-hybridized carbons (Fsp3) is 0.0667. The van der Waals surface area contributed by atoms with E-state index >= 15 is 0 Å². The van der Waals surface area contributed by atoms with E-state index in [9.17, 15) is 0 Å². The summed E-state index contributed by atoms with van der Waals surface area (Å²) in [6.45, 7) is 1.95. The summed E-state index contributed by atoms with van der Waals surface area (Å²) < 4.78 is 0. The van der Waals surface area contributed by atoms with Crippen LogP contribution >= 0.6 is 0 Å². The average Bonchev–Trinajstić information content (AvgIpc) is 2.67. The van der Waals surface area contributed by atoms with Gasteiger partial charge in [0.15, 0.2) is 0 Å². The first kappa shape index (κ1) is 8.88. The molecule has 0 fully saturated rings. The van der Waals surface area contributed by atoms with Crippen molar-refractivity contribution in [3.63, 3.8) is 0 Å². The zero-order valence-electron chi connectivity index (χ0n) is 9.44. The SMILES string of the molecule is Cc1nc2c3c(cccc3n1)-c1ccccc1-2. The lowest BCUT2D eigenvalue weighted by Gasteiger charge is -2.01. The Morgan fingerprint density at radius 3 is 2.41 bits per heavy atom. The average molecular weight is 218 g/mol. The molecule has 4 rings (SSSR count). The number of nitrogens with zero attached hydrogens (tertiary/aromatic N) is 2. The van der Waals surface area contributed by atoms with Gasteiger partial charge < -0.3 is 0 Å². The van der Waals surface area contributed by atoms with Crippen LogP contribution in [0.2, 0.25) is 0 Å². The lowest BCUT2D eigenvalue weighted by Crippen LogP contribution is -1.90. The van der Waals surface area contributed by atoms with E-state index in [4.69, 9.17) is 0 Å². The molecule has 0 bridgehead atoms. The number of hydrogen-bond acceptors (Lipinski definition) is 2. The van der Waals surface area contributed by atoms with Gasteiger partial charge in [-0.25, -0.2) is 9.97 Å². The van der Waals surface area contributed by atoms with Crippen LogP contribution in [0.3, 0.4) is 0 Å². The standard InChI is InChI=1S/C15H10N2/c1-9-16-13-8-4-7-11-10-5-2-3-6-12(10)15(17-9)14(11)13/h2-8H,1H3. The fourth-order valence-corrected chi connectivity index (χ4v) is 2.64. The number of hydrogen-bond donors (Lipinski definition) is 0. The molecule has 2 heteroatoms. The summed E-state index contributed by atoms with van der Waals surface area (Å²) in [5, 5.41) is 1.19. The van der Waals surface area contributed by atoms with E-state index < -0.39 is 0 Å². The maximum absolute atomic E-state index is 4.60. The molecule has 17 heavy (non-hydrogen) atoms. The van der Waals surface area contributed by atoms with Gasteiger partial charge in [-0.3, -0.25) is 0 Å². The molecule has 0 saturated heterocycles. The zero-order valence-corrected chi connectivity index (χ0v) is 9.44. The van der Waals surface area contributed by atoms with Crippen molar-refractivity contribution >= 4 is 10.9 Å². The van der Waals surface area contributed by atoms with Gasteiger partial charge in [0, 0.05) is 10.9 Å². The van der Waals surface area contributed by atoms with E-state index in [1.807, 2.05) is 6.92 Å². The van der Waals surface area contributed by atoms with Crippen LogP contribution in [0.25, 0.3) is 33.3 Å². The van der Waals surface area contributed by atoms with Crippen LogP contribution in [-0.4, -0.2) is 9.97 Å². The minimum absolute atomic E-state index is 0.835. The number of aromatic nitrogens is 2. The Morgan fingerprint density at radius 1 is 0.765 bits per heavy atom. The van der Waals surface area contributed by atoms with E-state index in [2.05, 4.69) is 52.4 Å². The summed E-state index contributed by atoms with van der Waals surface area (Å²) in [7, 11) is 0. The normalized spacial score (nSPS) is 11.8. The summed E-state index contributed by atoms with van der Waals surface area (Å²) in [5.41, 5.74) is 5.88. The van der Waals surface area contributed by atoms with Crippen LogP contribution in [0.5, 0.6) is 0 Å². The molecule has 0 atom stereocenters. The molecule has 0 spiro atoms. The fourth-order valence-electron chi connectivity index (χ4n) is 2.64. The second-order valence-electron chi connectivity index (χ2n) is 4.36. The highest BCUT2D eigenvalue weighted by Crippen LogP contribution is 2.45. The van der Waals surface area contributed by atoms with Crippen LogP contribution in [-0.2, 0) is 0 Å². The Hall–Kier alpha value is -2.22. The number of rotatable bonds is 0. The summed E-state index contributed by atoms with van der Waals surface area (Å²) >= 11 is 0. The minimum Gasteiger partial charge on any atom is -0.233 e. The number of fused-ring (bicyclic) bond motifs is 3. The first-order valence-corrected chi connectivity index (χ1v) is 5.72. The third kappa shape index (κ3) is 1.04. The van der Waals surface area contributed by atoms with Crippen molar-refractivity contribution in [3.8, 4) is 22.4 Å². The summed E-state index contributed by atoms with van der Waals surface area (Å²) in [5.74, 6) is 0.835. The van der Waals surface area contributed by atoms with Gasteiger partial charge in [-0.1, -0.05) is 36.4 Å². The van der Waals surface area contributed by atoms with Crippen molar-refractivity contribution in [1.29, 1.82) is 0 Å². The molecule has 1 aromatic heterocycles. The molecule has 2 aromatic carbocycles. The first-order valence-electron chi connectivity index (χ1n) is 5.72. The maximum atomic E-state index is 4.60. The van der Waals surface area contributed by atoms with Crippen molar-refractivity contribution in [2.24, 2.45) is 0 Å². The van der Waals surface area contributed by atoms with Gasteiger partial charge in [0.1, 0.15) is 5.82 Å². The van der Waals surface area contributed by atoms with Crippen LogP contribution in [0, 0.1) is 6.92 Å². The second kappa shape index (κ2) is 2.92. The smallest absolute Gasteiger partial charge is 0.126 e.